The lowest BCUT2D eigenvalue weighted by Gasteiger charge is -2.11. The van der Waals surface area contributed by atoms with Crippen molar-refractivity contribution in [2.45, 2.75) is 6.54 Å². The first kappa shape index (κ1) is 14.2. The molecule has 0 saturated heterocycles. The Morgan fingerprint density at radius 3 is 2.42 bits per heavy atom. The molecular formula is C13H8BrClF3N. The van der Waals surface area contributed by atoms with Crippen LogP contribution in [-0.4, -0.2) is 0 Å². The SMILES string of the molecule is Fc1ccc(CNc2c(Cl)cc(F)cc2Br)c(F)c1. The van der Waals surface area contributed by atoms with Crippen LogP contribution in [0.5, 0.6) is 0 Å². The molecule has 0 spiro atoms. The Balaban J connectivity index is 2.19. The lowest BCUT2D eigenvalue weighted by atomic mass is 10.2. The maximum atomic E-state index is 13.4. The van der Waals surface area contributed by atoms with E-state index < -0.39 is 17.5 Å². The molecule has 0 aliphatic heterocycles. The summed E-state index contributed by atoms with van der Waals surface area (Å²) in [5, 5.41) is 3.05. The van der Waals surface area contributed by atoms with Gasteiger partial charge in [-0.05, 0) is 34.1 Å². The summed E-state index contributed by atoms with van der Waals surface area (Å²) in [5.41, 5.74) is 0.737. The molecule has 0 aliphatic rings. The summed E-state index contributed by atoms with van der Waals surface area (Å²) >= 11 is 9.04. The number of anilines is 1. The van der Waals surface area contributed by atoms with Crippen LogP contribution < -0.4 is 5.32 Å². The van der Waals surface area contributed by atoms with Crippen molar-refractivity contribution < 1.29 is 13.2 Å². The molecule has 2 aromatic carbocycles. The zero-order chi connectivity index (χ0) is 14.0. The summed E-state index contributed by atoms with van der Waals surface area (Å²) in [6.45, 7) is 0.107. The van der Waals surface area contributed by atoms with E-state index in [1.807, 2.05) is 0 Å². The van der Waals surface area contributed by atoms with Gasteiger partial charge in [-0.2, -0.15) is 0 Å². The Bertz CT molecular complexity index is 596. The van der Waals surface area contributed by atoms with Crippen molar-refractivity contribution in [1.82, 2.24) is 0 Å². The standard InChI is InChI=1S/C13H8BrClF3N/c14-10-3-9(17)4-11(15)13(10)19-6-7-1-2-8(16)5-12(7)18/h1-5,19H,6H2. The van der Waals surface area contributed by atoms with Crippen molar-refractivity contribution in [1.29, 1.82) is 0 Å². The second kappa shape index (κ2) is 5.84. The fourth-order valence-electron chi connectivity index (χ4n) is 1.56. The van der Waals surface area contributed by atoms with E-state index in [-0.39, 0.29) is 17.1 Å². The molecule has 0 atom stereocenters. The molecule has 0 radical (unpaired) electrons. The molecule has 0 heterocycles. The predicted octanol–water partition coefficient (Wildman–Crippen LogP) is 5.13. The van der Waals surface area contributed by atoms with E-state index in [9.17, 15) is 13.2 Å². The van der Waals surface area contributed by atoms with E-state index in [4.69, 9.17) is 11.6 Å². The van der Waals surface area contributed by atoms with E-state index in [0.29, 0.717) is 10.2 Å². The van der Waals surface area contributed by atoms with Gasteiger partial charge < -0.3 is 5.32 Å². The molecule has 1 nitrogen and oxygen atoms in total. The normalized spacial score (nSPS) is 10.6. The predicted molar refractivity (Wildman–Crippen MR) is 72.8 cm³/mol. The van der Waals surface area contributed by atoms with Crippen LogP contribution in [0.2, 0.25) is 5.02 Å². The molecule has 2 aromatic rings. The largest absolute Gasteiger partial charge is 0.379 e. The molecule has 0 aromatic heterocycles. The molecule has 6 heteroatoms. The number of hydrogen-bond donors (Lipinski definition) is 1. The number of benzene rings is 2. The minimum absolute atomic E-state index is 0.107. The first-order chi connectivity index (χ1) is 8.97. The average molecular weight is 351 g/mol. The third-order valence-corrected chi connectivity index (χ3v) is 3.40. The number of nitrogens with one attached hydrogen (secondary N) is 1. The molecule has 0 fully saturated rings. The van der Waals surface area contributed by atoms with Crippen molar-refractivity contribution in [2.75, 3.05) is 5.32 Å². The monoisotopic (exact) mass is 349 g/mol. The highest BCUT2D eigenvalue weighted by Gasteiger charge is 2.09. The van der Waals surface area contributed by atoms with Crippen LogP contribution in [0.25, 0.3) is 0 Å². The van der Waals surface area contributed by atoms with Gasteiger partial charge in [0.1, 0.15) is 17.5 Å². The molecule has 100 valence electrons. The van der Waals surface area contributed by atoms with Crippen LogP contribution in [0, 0.1) is 17.5 Å². The molecule has 0 bridgehead atoms. The van der Waals surface area contributed by atoms with Crippen LogP contribution in [0.4, 0.5) is 18.9 Å². The summed E-state index contributed by atoms with van der Waals surface area (Å²) in [6.07, 6.45) is 0. The van der Waals surface area contributed by atoms with Crippen molar-refractivity contribution >= 4 is 33.2 Å². The van der Waals surface area contributed by atoms with E-state index in [0.717, 1.165) is 12.1 Å². The molecular weight excluding hydrogens is 343 g/mol. The maximum Gasteiger partial charge on any atom is 0.131 e. The highest BCUT2D eigenvalue weighted by Crippen LogP contribution is 2.32. The van der Waals surface area contributed by atoms with Crippen LogP contribution in [0.3, 0.4) is 0 Å². The van der Waals surface area contributed by atoms with Crippen molar-refractivity contribution in [3.8, 4) is 0 Å². The Hall–Kier alpha value is -1.20. The lowest BCUT2D eigenvalue weighted by Crippen LogP contribution is -2.03. The first-order valence-electron chi connectivity index (χ1n) is 5.29. The van der Waals surface area contributed by atoms with Crippen molar-refractivity contribution in [3.05, 3.63) is 62.8 Å². The minimum Gasteiger partial charge on any atom is -0.379 e. The smallest absolute Gasteiger partial charge is 0.131 e. The fourth-order valence-corrected chi connectivity index (χ4v) is 2.52. The van der Waals surface area contributed by atoms with Gasteiger partial charge in [-0.15, -0.1) is 0 Å². The number of rotatable bonds is 3. The van der Waals surface area contributed by atoms with Gasteiger partial charge in [0.15, 0.2) is 0 Å². The second-order valence-electron chi connectivity index (χ2n) is 3.83. The first-order valence-corrected chi connectivity index (χ1v) is 6.47. The van der Waals surface area contributed by atoms with E-state index in [1.54, 1.807) is 0 Å². The minimum atomic E-state index is -0.651. The van der Waals surface area contributed by atoms with Gasteiger partial charge >= 0.3 is 0 Å². The Kier molecular flexibility index (Phi) is 4.37. The van der Waals surface area contributed by atoms with Gasteiger partial charge in [0.05, 0.1) is 10.7 Å². The van der Waals surface area contributed by atoms with Gasteiger partial charge in [0, 0.05) is 22.6 Å². The van der Waals surface area contributed by atoms with Crippen LogP contribution in [-0.2, 0) is 6.54 Å². The number of hydrogen-bond acceptors (Lipinski definition) is 1. The van der Waals surface area contributed by atoms with Gasteiger partial charge in [-0.3, -0.25) is 0 Å². The van der Waals surface area contributed by atoms with Crippen LogP contribution >= 0.6 is 27.5 Å². The Morgan fingerprint density at radius 2 is 1.79 bits per heavy atom. The molecule has 0 unspecified atom stereocenters. The molecule has 0 amide bonds. The van der Waals surface area contributed by atoms with Crippen molar-refractivity contribution in [3.63, 3.8) is 0 Å². The zero-order valence-electron chi connectivity index (χ0n) is 9.48. The van der Waals surface area contributed by atoms with Gasteiger partial charge in [0.25, 0.3) is 0 Å². The van der Waals surface area contributed by atoms with E-state index in [1.165, 1.54) is 18.2 Å². The van der Waals surface area contributed by atoms with Gasteiger partial charge in [-0.1, -0.05) is 17.7 Å². The lowest BCUT2D eigenvalue weighted by molar-refractivity contribution is 0.574. The summed E-state index contributed by atoms with van der Waals surface area (Å²) in [4.78, 5) is 0. The van der Waals surface area contributed by atoms with E-state index in [2.05, 4.69) is 21.2 Å². The molecule has 1 N–H and O–H groups in total. The third kappa shape index (κ3) is 3.42. The van der Waals surface area contributed by atoms with Gasteiger partial charge in [0.2, 0.25) is 0 Å². The third-order valence-electron chi connectivity index (χ3n) is 2.48. The molecule has 0 saturated carbocycles. The summed E-state index contributed by atoms with van der Waals surface area (Å²) in [5.74, 6) is -1.76. The second-order valence-corrected chi connectivity index (χ2v) is 5.10. The Morgan fingerprint density at radius 1 is 1.05 bits per heavy atom. The molecule has 2 rings (SSSR count). The highest BCUT2D eigenvalue weighted by atomic mass is 79.9. The molecule has 0 aliphatic carbocycles. The Labute approximate surface area is 121 Å². The zero-order valence-corrected chi connectivity index (χ0v) is 11.8. The van der Waals surface area contributed by atoms with Crippen LogP contribution in [0.15, 0.2) is 34.8 Å². The van der Waals surface area contributed by atoms with Crippen LogP contribution in [0.1, 0.15) is 5.56 Å². The fraction of sp³-hybridized carbons (Fsp3) is 0.0769. The topological polar surface area (TPSA) is 12.0 Å². The highest BCUT2D eigenvalue weighted by molar-refractivity contribution is 9.10. The summed E-state index contributed by atoms with van der Waals surface area (Å²) in [7, 11) is 0. The van der Waals surface area contributed by atoms with Crippen molar-refractivity contribution in [2.24, 2.45) is 0 Å². The molecule has 19 heavy (non-hydrogen) atoms. The summed E-state index contributed by atoms with van der Waals surface area (Å²) in [6, 6.07) is 5.70. The summed E-state index contributed by atoms with van der Waals surface area (Å²) < 4.78 is 39.7. The average Bonchev–Trinajstić information content (AvgIpc) is 2.30. The maximum absolute atomic E-state index is 13.4. The van der Waals surface area contributed by atoms with Gasteiger partial charge in [-0.25, -0.2) is 13.2 Å². The quantitative estimate of drug-likeness (QED) is 0.809. The number of halogens is 5. The van der Waals surface area contributed by atoms with E-state index >= 15 is 0 Å².